The highest BCUT2D eigenvalue weighted by molar-refractivity contribution is 5.54. The number of aryl methyl sites for hydroxylation is 3. The molecule has 2 heteroatoms. The highest BCUT2D eigenvalue weighted by Crippen LogP contribution is 2.24. The van der Waals surface area contributed by atoms with E-state index in [2.05, 4.69) is 45.0 Å². The van der Waals surface area contributed by atoms with Gasteiger partial charge in [0.2, 0.25) is 0 Å². The Labute approximate surface area is 115 Å². The van der Waals surface area contributed by atoms with Gasteiger partial charge in [0.1, 0.15) is 12.4 Å². The van der Waals surface area contributed by atoms with Crippen molar-refractivity contribution >= 4 is 5.69 Å². The standard InChI is InChI=1S/C17H21NO/c1-4-14-5-6-17(16(18)10-14)19-11-15-8-12(2)7-13(3)9-15/h5-10H,4,11,18H2,1-3H3. The molecule has 2 nitrogen and oxygen atoms in total. The normalized spacial score (nSPS) is 10.5. The molecule has 2 rings (SSSR count). The highest BCUT2D eigenvalue weighted by Gasteiger charge is 2.03. The number of nitrogens with two attached hydrogens (primary N) is 1. The van der Waals surface area contributed by atoms with Crippen LogP contribution in [0.15, 0.2) is 36.4 Å². The average Bonchev–Trinajstić information content (AvgIpc) is 2.36. The van der Waals surface area contributed by atoms with Gasteiger partial charge in [0.25, 0.3) is 0 Å². The van der Waals surface area contributed by atoms with Crippen molar-refractivity contribution < 1.29 is 4.74 Å². The molecule has 19 heavy (non-hydrogen) atoms. The molecule has 0 atom stereocenters. The van der Waals surface area contributed by atoms with Crippen molar-refractivity contribution in [2.75, 3.05) is 5.73 Å². The van der Waals surface area contributed by atoms with E-state index in [1.807, 2.05) is 12.1 Å². The first-order chi connectivity index (χ1) is 9.08. The van der Waals surface area contributed by atoms with Gasteiger partial charge >= 0.3 is 0 Å². The van der Waals surface area contributed by atoms with Crippen molar-refractivity contribution in [2.45, 2.75) is 33.8 Å². The molecular formula is C17H21NO. The third kappa shape index (κ3) is 3.50. The summed E-state index contributed by atoms with van der Waals surface area (Å²) in [7, 11) is 0. The van der Waals surface area contributed by atoms with Gasteiger partial charge in [0.15, 0.2) is 0 Å². The van der Waals surface area contributed by atoms with Gasteiger partial charge in [-0.25, -0.2) is 0 Å². The zero-order valence-corrected chi connectivity index (χ0v) is 11.9. The summed E-state index contributed by atoms with van der Waals surface area (Å²) < 4.78 is 5.81. The molecule has 0 saturated carbocycles. The summed E-state index contributed by atoms with van der Waals surface area (Å²) in [6, 6.07) is 12.4. The monoisotopic (exact) mass is 255 g/mol. The summed E-state index contributed by atoms with van der Waals surface area (Å²) in [6.07, 6.45) is 0.988. The average molecular weight is 255 g/mol. The van der Waals surface area contributed by atoms with Gasteiger partial charge in [0.05, 0.1) is 5.69 Å². The summed E-state index contributed by atoms with van der Waals surface area (Å²) in [5.41, 5.74) is 11.6. The van der Waals surface area contributed by atoms with Crippen LogP contribution in [-0.2, 0) is 13.0 Å². The van der Waals surface area contributed by atoms with Crippen molar-refractivity contribution in [3.63, 3.8) is 0 Å². The number of hydrogen-bond acceptors (Lipinski definition) is 2. The Balaban J connectivity index is 2.10. The Bertz CT molecular complexity index is 555. The van der Waals surface area contributed by atoms with E-state index in [0.717, 1.165) is 12.2 Å². The van der Waals surface area contributed by atoms with E-state index in [1.165, 1.54) is 22.3 Å². The lowest BCUT2D eigenvalue weighted by atomic mass is 10.1. The van der Waals surface area contributed by atoms with Gasteiger partial charge in [-0.05, 0) is 43.5 Å². The second-order valence-electron chi connectivity index (χ2n) is 5.01. The van der Waals surface area contributed by atoms with Gasteiger partial charge in [-0.15, -0.1) is 0 Å². The fourth-order valence-electron chi connectivity index (χ4n) is 2.26. The zero-order chi connectivity index (χ0) is 13.8. The molecule has 2 aromatic rings. The van der Waals surface area contributed by atoms with Crippen molar-refractivity contribution in [3.8, 4) is 5.75 Å². The van der Waals surface area contributed by atoms with Gasteiger partial charge in [-0.3, -0.25) is 0 Å². The Morgan fingerprint density at radius 3 is 2.21 bits per heavy atom. The Morgan fingerprint density at radius 2 is 1.63 bits per heavy atom. The van der Waals surface area contributed by atoms with E-state index in [9.17, 15) is 0 Å². The molecule has 0 aliphatic heterocycles. The van der Waals surface area contributed by atoms with E-state index in [4.69, 9.17) is 10.5 Å². The molecule has 0 aromatic heterocycles. The summed E-state index contributed by atoms with van der Waals surface area (Å²) in [4.78, 5) is 0. The first-order valence-electron chi connectivity index (χ1n) is 6.67. The van der Waals surface area contributed by atoms with Crippen LogP contribution in [0.5, 0.6) is 5.75 Å². The van der Waals surface area contributed by atoms with Crippen LogP contribution in [0.25, 0.3) is 0 Å². The maximum atomic E-state index is 6.00. The molecule has 0 aliphatic rings. The second kappa shape index (κ2) is 5.79. The van der Waals surface area contributed by atoms with Crippen molar-refractivity contribution in [1.29, 1.82) is 0 Å². The molecule has 0 aliphatic carbocycles. The lowest BCUT2D eigenvalue weighted by Crippen LogP contribution is -2.00. The maximum absolute atomic E-state index is 6.00. The minimum Gasteiger partial charge on any atom is -0.487 e. The van der Waals surface area contributed by atoms with E-state index < -0.39 is 0 Å². The third-order valence-corrected chi connectivity index (χ3v) is 3.16. The Kier molecular flexibility index (Phi) is 4.10. The van der Waals surface area contributed by atoms with E-state index in [1.54, 1.807) is 0 Å². The van der Waals surface area contributed by atoms with Crippen LogP contribution in [0.1, 0.15) is 29.2 Å². The van der Waals surface area contributed by atoms with E-state index >= 15 is 0 Å². The summed E-state index contributed by atoms with van der Waals surface area (Å²) in [5.74, 6) is 0.761. The molecule has 100 valence electrons. The minimum atomic E-state index is 0.554. The lowest BCUT2D eigenvalue weighted by Gasteiger charge is -2.11. The van der Waals surface area contributed by atoms with Crippen LogP contribution >= 0.6 is 0 Å². The quantitative estimate of drug-likeness (QED) is 0.837. The SMILES string of the molecule is CCc1ccc(OCc2cc(C)cc(C)c2)c(N)c1. The smallest absolute Gasteiger partial charge is 0.142 e. The van der Waals surface area contributed by atoms with E-state index in [0.29, 0.717) is 12.3 Å². The molecule has 0 fully saturated rings. The third-order valence-electron chi connectivity index (χ3n) is 3.16. The van der Waals surface area contributed by atoms with E-state index in [-0.39, 0.29) is 0 Å². The molecule has 0 bridgehead atoms. The predicted molar refractivity (Wildman–Crippen MR) is 80.5 cm³/mol. The second-order valence-corrected chi connectivity index (χ2v) is 5.01. The van der Waals surface area contributed by atoms with Gasteiger partial charge in [0, 0.05) is 0 Å². The molecule has 2 N–H and O–H groups in total. The van der Waals surface area contributed by atoms with Crippen LogP contribution in [0.2, 0.25) is 0 Å². The molecule has 0 spiro atoms. The zero-order valence-electron chi connectivity index (χ0n) is 11.9. The number of ether oxygens (including phenoxy) is 1. The fraction of sp³-hybridized carbons (Fsp3) is 0.294. The number of benzene rings is 2. The fourth-order valence-corrected chi connectivity index (χ4v) is 2.26. The molecule has 0 radical (unpaired) electrons. The first kappa shape index (κ1) is 13.5. The van der Waals surface area contributed by atoms with Crippen LogP contribution < -0.4 is 10.5 Å². The Morgan fingerprint density at radius 1 is 0.947 bits per heavy atom. The molecule has 2 aromatic carbocycles. The summed E-state index contributed by atoms with van der Waals surface area (Å²) in [5, 5.41) is 0. The summed E-state index contributed by atoms with van der Waals surface area (Å²) >= 11 is 0. The molecule has 0 amide bonds. The molecule has 0 saturated heterocycles. The largest absolute Gasteiger partial charge is 0.487 e. The van der Waals surface area contributed by atoms with Crippen LogP contribution in [0.4, 0.5) is 5.69 Å². The van der Waals surface area contributed by atoms with Gasteiger partial charge in [-0.2, -0.15) is 0 Å². The van der Waals surface area contributed by atoms with Crippen LogP contribution in [0.3, 0.4) is 0 Å². The van der Waals surface area contributed by atoms with Crippen molar-refractivity contribution in [2.24, 2.45) is 0 Å². The lowest BCUT2D eigenvalue weighted by molar-refractivity contribution is 0.307. The topological polar surface area (TPSA) is 35.2 Å². The molecule has 0 unspecified atom stereocenters. The van der Waals surface area contributed by atoms with Crippen molar-refractivity contribution in [1.82, 2.24) is 0 Å². The summed E-state index contributed by atoms with van der Waals surface area (Å²) in [6.45, 7) is 6.87. The minimum absolute atomic E-state index is 0.554. The number of nitrogen functional groups attached to an aromatic ring is 1. The highest BCUT2D eigenvalue weighted by atomic mass is 16.5. The Hall–Kier alpha value is -1.96. The number of anilines is 1. The maximum Gasteiger partial charge on any atom is 0.142 e. The number of hydrogen-bond donors (Lipinski definition) is 1. The van der Waals surface area contributed by atoms with Gasteiger partial charge < -0.3 is 10.5 Å². The van der Waals surface area contributed by atoms with Gasteiger partial charge in [-0.1, -0.05) is 42.3 Å². The molecular weight excluding hydrogens is 234 g/mol. The van der Waals surface area contributed by atoms with Crippen LogP contribution in [-0.4, -0.2) is 0 Å². The first-order valence-corrected chi connectivity index (χ1v) is 6.67. The van der Waals surface area contributed by atoms with Crippen LogP contribution in [0, 0.1) is 13.8 Å². The van der Waals surface area contributed by atoms with Crippen molar-refractivity contribution in [3.05, 3.63) is 58.7 Å². The predicted octanol–water partition coefficient (Wildman–Crippen LogP) is 4.03. The molecule has 0 heterocycles. The number of rotatable bonds is 4.